The van der Waals surface area contributed by atoms with E-state index in [1.54, 1.807) is 14.1 Å². The third-order valence-electron chi connectivity index (χ3n) is 3.88. The Bertz CT molecular complexity index is 423. The number of carbonyl (C=O) groups is 2. The van der Waals surface area contributed by atoms with Crippen molar-refractivity contribution < 1.29 is 9.59 Å². The molecule has 0 aromatic carbocycles. The van der Waals surface area contributed by atoms with Crippen LogP contribution in [-0.2, 0) is 9.59 Å². The zero-order valence-corrected chi connectivity index (χ0v) is 14.9. The first-order valence-electron chi connectivity index (χ1n) is 8.50. The largest absolute Gasteiger partial charge is 0.356 e. The second-order valence-corrected chi connectivity index (χ2v) is 6.06. The van der Waals surface area contributed by atoms with E-state index in [9.17, 15) is 9.59 Å². The molecule has 1 saturated heterocycles. The van der Waals surface area contributed by atoms with Gasteiger partial charge in [0.25, 0.3) is 0 Å². The normalized spacial score (nSPS) is 18.0. The zero-order valence-electron chi connectivity index (χ0n) is 14.9. The summed E-state index contributed by atoms with van der Waals surface area (Å²) < 4.78 is 0. The van der Waals surface area contributed by atoms with Crippen LogP contribution in [0.25, 0.3) is 0 Å². The average Bonchev–Trinajstić information content (AvgIpc) is 2.99. The van der Waals surface area contributed by atoms with Crippen molar-refractivity contribution in [1.29, 1.82) is 0 Å². The highest BCUT2D eigenvalue weighted by Gasteiger charge is 2.25. The maximum absolute atomic E-state index is 11.7. The third kappa shape index (κ3) is 6.88. The number of amides is 2. The highest BCUT2D eigenvalue weighted by Crippen LogP contribution is 2.10. The summed E-state index contributed by atoms with van der Waals surface area (Å²) in [6, 6.07) is 0.188. The fraction of sp³-hybridized carbons (Fsp3) is 0.812. The molecule has 0 aromatic heterocycles. The first-order chi connectivity index (χ1) is 11.0. The van der Waals surface area contributed by atoms with Crippen LogP contribution in [0.4, 0.5) is 0 Å². The molecule has 7 nitrogen and oxygen atoms in total. The summed E-state index contributed by atoms with van der Waals surface area (Å²) in [5.74, 6) is 0.815. The van der Waals surface area contributed by atoms with Crippen molar-refractivity contribution in [3.63, 3.8) is 0 Å². The minimum atomic E-state index is -0.0317. The number of aliphatic imine (C=N–C) groups is 1. The van der Waals surface area contributed by atoms with Crippen molar-refractivity contribution in [2.45, 2.75) is 45.6 Å². The number of nitrogens with zero attached hydrogens (tertiary/aromatic N) is 3. The van der Waals surface area contributed by atoms with Crippen LogP contribution in [0.1, 0.15) is 39.5 Å². The number of guanidine groups is 1. The van der Waals surface area contributed by atoms with Gasteiger partial charge in [-0.05, 0) is 12.8 Å². The Morgan fingerprint density at radius 3 is 2.65 bits per heavy atom. The van der Waals surface area contributed by atoms with Crippen molar-refractivity contribution in [3.8, 4) is 0 Å². The first kappa shape index (κ1) is 19.3. The van der Waals surface area contributed by atoms with Crippen molar-refractivity contribution >= 4 is 17.8 Å². The van der Waals surface area contributed by atoms with Crippen LogP contribution in [-0.4, -0.2) is 73.9 Å². The summed E-state index contributed by atoms with van der Waals surface area (Å²) in [4.78, 5) is 31.2. The summed E-state index contributed by atoms with van der Waals surface area (Å²) >= 11 is 0. The van der Waals surface area contributed by atoms with E-state index >= 15 is 0 Å². The molecule has 1 aliphatic rings. The van der Waals surface area contributed by atoms with Crippen LogP contribution in [0.2, 0.25) is 0 Å². The molecular weight excluding hydrogens is 294 g/mol. The van der Waals surface area contributed by atoms with Gasteiger partial charge < -0.3 is 20.4 Å². The average molecular weight is 325 g/mol. The van der Waals surface area contributed by atoms with E-state index in [0.29, 0.717) is 18.9 Å². The van der Waals surface area contributed by atoms with E-state index in [1.807, 2.05) is 11.8 Å². The van der Waals surface area contributed by atoms with E-state index < -0.39 is 0 Å². The molecule has 1 atom stereocenters. The van der Waals surface area contributed by atoms with Gasteiger partial charge in [-0.2, -0.15) is 0 Å². The monoisotopic (exact) mass is 325 g/mol. The highest BCUT2D eigenvalue weighted by atomic mass is 16.2. The van der Waals surface area contributed by atoms with Crippen LogP contribution in [0.3, 0.4) is 0 Å². The summed E-state index contributed by atoms with van der Waals surface area (Å²) in [6.45, 7) is 6.44. The molecule has 0 bridgehead atoms. The number of hydrogen-bond donors (Lipinski definition) is 2. The number of unbranched alkanes of at least 4 members (excludes halogenated alkanes) is 1. The van der Waals surface area contributed by atoms with Gasteiger partial charge in [-0.1, -0.05) is 20.3 Å². The molecule has 23 heavy (non-hydrogen) atoms. The van der Waals surface area contributed by atoms with E-state index in [-0.39, 0.29) is 24.4 Å². The molecule has 0 aliphatic carbocycles. The topological polar surface area (TPSA) is 77.0 Å². The summed E-state index contributed by atoms with van der Waals surface area (Å²) in [5, 5.41) is 6.62. The fourth-order valence-corrected chi connectivity index (χ4v) is 2.35. The quantitative estimate of drug-likeness (QED) is 0.404. The SMILES string of the molecule is CCCCNC(=NCC(=O)N(C)C)NC1CCN(C(=O)CC)C1. The molecule has 1 unspecified atom stereocenters. The lowest BCUT2D eigenvalue weighted by atomic mass is 10.3. The van der Waals surface area contributed by atoms with Gasteiger partial charge in [-0.15, -0.1) is 0 Å². The van der Waals surface area contributed by atoms with Gasteiger partial charge in [0.05, 0.1) is 0 Å². The third-order valence-corrected chi connectivity index (χ3v) is 3.88. The molecule has 0 spiro atoms. The molecule has 132 valence electrons. The molecule has 2 amide bonds. The molecule has 1 fully saturated rings. The van der Waals surface area contributed by atoms with Gasteiger partial charge in [-0.25, -0.2) is 4.99 Å². The minimum absolute atomic E-state index is 0.0317. The Morgan fingerprint density at radius 1 is 1.30 bits per heavy atom. The number of rotatable bonds is 7. The minimum Gasteiger partial charge on any atom is -0.356 e. The number of likely N-dealkylation sites (N-methyl/N-ethyl adjacent to an activating group) is 1. The molecule has 1 heterocycles. The standard InChI is InChI=1S/C16H31N5O2/c1-5-7-9-17-16(18-11-15(23)20(3)4)19-13-8-10-21(12-13)14(22)6-2/h13H,5-12H2,1-4H3,(H2,17,18,19). The molecule has 7 heteroatoms. The van der Waals surface area contributed by atoms with Gasteiger partial charge in [0, 0.05) is 46.2 Å². The van der Waals surface area contributed by atoms with E-state index in [1.165, 1.54) is 4.90 Å². The van der Waals surface area contributed by atoms with Gasteiger partial charge in [0.1, 0.15) is 6.54 Å². The van der Waals surface area contributed by atoms with Gasteiger partial charge in [0.2, 0.25) is 11.8 Å². The van der Waals surface area contributed by atoms with Crippen molar-refractivity contribution in [3.05, 3.63) is 0 Å². The Morgan fingerprint density at radius 2 is 2.04 bits per heavy atom. The molecule has 0 radical (unpaired) electrons. The molecule has 1 rings (SSSR count). The predicted molar refractivity (Wildman–Crippen MR) is 92.3 cm³/mol. The van der Waals surface area contributed by atoms with Gasteiger partial charge >= 0.3 is 0 Å². The van der Waals surface area contributed by atoms with Crippen molar-refractivity contribution in [2.75, 3.05) is 40.3 Å². The summed E-state index contributed by atoms with van der Waals surface area (Å²) in [7, 11) is 3.45. The number of carbonyl (C=O) groups excluding carboxylic acids is 2. The predicted octanol–water partition coefficient (Wildman–Crippen LogP) is 0.421. The van der Waals surface area contributed by atoms with Crippen molar-refractivity contribution in [1.82, 2.24) is 20.4 Å². The Balaban J connectivity index is 2.57. The Hall–Kier alpha value is -1.79. The van der Waals surface area contributed by atoms with Crippen LogP contribution in [0, 0.1) is 0 Å². The molecule has 0 saturated carbocycles. The van der Waals surface area contributed by atoms with Crippen LogP contribution in [0.15, 0.2) is 4.99 Å². The summed E-state index contributed by atoms with van der Waals surface area (Å²) in [6.07, 6.45) is 3.59. The highest BCUT2D eigenvalue weighted by molar-refractivity contribution is 5.85. The molecule has 0 aromatic rings. The Labute approximate surface area is 139 Å². The smallest absolute Gasteiger partial charge is 0.243 e. The van der Waals surface area contributed by atoms with Gasteiger partial charge in [0.15, 0.2) is 5.96 Å². The lowest BCUT2D eigenvalue weighted by molar-refractivity contribution is -0.130. The Kier molecular flexibility index (Phi) is 8.43. The number of likely N-dealkylation sites (tertiary alicyclic amines) is 1. The molecular formula is C16H31N5O2. The molecule has 2 N–H and O–H groups in total. The zero-order chi connectivity index (χ0) is 17.2. The summed E-state index contributed by atoms with van der Waals surface area (Å²) in [5.41, 5.74) is 0. The van der Waals surface area contributed by atoms with E-state index in [4.69, 9.17) is 0 Å². The second kappa shape index (κ2) is 10.1. The lowest BCUT2D eigenvalue weighted by Crippen LogP contribution is -2.45. The maximum atomic E-state index is 11.7. The first-order valence-corrected chi connectivity index (χ1v) is 8.50. The maximum Gasteiger partial charge on any atom is 0.243 e. The van der Waals surface area contributed by atoms with Crippen molar-refractivity contribution in [2.24, 2.45) is 4.99 Å². The fourth-order valence-electron chi connectivity index (χ4n) is 2.35. The second-order valence-electron chi connectivity index (χ2n) is 6.06. The molecule has 1 aliphatic heterocycles. The number of nitrogens with one attached hydrogen (secondary N) is 2. The van der Waals surface area contributed by atoms with E-state index in [0.717, 1.165) is 32.4 Å². The lowest BCUT2D eigenvalue weighted by Gasteiger charge is -2.19. The van der Waals surface area contributed by atoms with Gasteiger partial charge in [-0.3, -0.25) is 9.59 Å². The number of hydrogen-bond acceptors (Lipinski definition) is 3. The van der Waals surface area contributed by atoms with Crippen LogP contribution >= 0.6 is 0 Å². The van der Waals surface area contributed by atoms with Crippen LogP contribution in [0.5, 0.6) is 0 Å². The van der Waals surface area contributed by atoms with Crippen LogP contribution < -0.4 is 10.6 Å². The van der Waals surface area contributed by atoms with E-state index in [2.05, 4.69) is 22.5 Å².